The Kier molecular flexibility index (Phi) is 4.66. The second-order valence-corrected chi connectivity index (χ2v) is 5.71. The van der Waals surface area contributed by atoms with E-state index >= 15 is 0 Å². The van der Waals surface area contributed by atoms with Gasteiger partial charge in [0, 0.05) is 12.7 Å². The normalized spacial score (nSPS) is 12.3. The number of aromatic nitrogens is 2. The van der Waals surface area contributed by atoms with E-state index in [1.165, 1.54) is 11.8 Å². The molecule has 0 aliphatic carbocycles. The first-order valence-electron chi connectivity index (χ1n) is 7.28. The van der Waals surface area contributed by atoms with Gasteiger partial charge in [-0.15, -0.1) is 0 Å². The van der Waals surface area contributed by atoms with Crippen molar-refractivity contribution in [1.82, 2.24) is 15.3 Å². The highest BCUT2D eigenvalue weighted by Crippen LogP contribution is 2.32. The molecule has 0 atom stereocenters. The lowest BCUT2D eigenvalue weighted by Gasteiger charge is -2.09. The van der Waals surface area contributed by atoms with Crippen molar-refractivity contribution >= 4 is 17.7 Å². The summed E-state index contributed by atoms with van der Waals surface area (Å²) in [7, 11) is 0. The molecule has 0 radical (unpaired) electrons. The van der Waals surface area contributed by atoms with Crippen molar-refractivity contribution in [3.8, 4) is 11.5 Å². The Hall–Kier alpha value is -2.28. The fourth-order valence-corrected chi connectivity index (χ4v) is 2.64. The molecule has 1 aromatic carbocycles. The molecule has 1 aliphatic rings. The summed E-state index contributed by atoms with van der Waals surface area (Å²) in [6.45, 7) is 2.62. The van der Waals surface area contributed by atoms with Crippen LogP contribution in [0.3, 0.4) is 0 Å². The average Bonchev–Trinajstić information content (AvgIpc) is 3.06. The van der Waals surface area contributed by atoms with Gasteiger partial charge in [-0.25, -0.2) is 9.97 Å². The molecule has 1 amide bonds. The largest absolute Gasteiger partial charge is 0.454 e. The number of fused-ring (bicyclic) bond motifs is 1. The number of amides is 1. The molecule has 23 heavy (non-hydrogen) atoms. The van der Waals surface area contributed by atoms with Gasteiger partial charge in [-0.05, 0) is 30.4 Å². The van der Waals surface area contributed by atoms with Gasteiger partial charge in [-0.3, -0.25) is 4.79 Å². The number of thioether (sulfide) groups is 1. The minimum absolute atomic E-state index is 0.174. The SMILES string of the molecule is CCc1nc(SC)ncc1C(=O)NCc1ccc2c(c1)OCO2. The van der Waals surface area contributed by atoms with Gasteiger partial charge in [-0.2, -0.15) is 0 Å². The number of nitrogens with one attached hydrogen (secondary N) is 1. The van der Waals surface area contributed by atoms with E-state index in [9.17, 15) is 4.79 Å². The smallest absolute Gasteiger partial charge is 0.254 e. The number of carbonyl (C=O) groups is 1. The van der Waals surface area contributed by atoms with E-state index in [4.69, 9.17) is 9.47 Å². The number of rotatable bonds is 5. The fourth-order valence-electron chi connectivity index (χ4n) is 2.28. The quantitative estimate of drug-likeness (QED) is 0.670. The van der Waals surface area contributed by atoms with E-state index in [0.717, 1.165) is 17.0 Å². The third-order valence-corrected chi connectivity index (χ3v) is 4.06. The zero-order chi connectivity index (χ0) is 16.2. The summed E-state index contributed by atoms with van der Waals surface area (Å²) >= 11 is 1.46. The number of hydrogen-bond donors (Lipinski definition) is 1. The number of carbonyl (C=O) groups excluding carboxylic acids is 1. The summed E-state index contributed by atoms with van der Waals surface area (Å²) in [6, 6.07) is 5.62. The number of benzene rings is 1. The van der Waals surface area contributed by atoms with Crippen molar-refractivity contribution in [2.75, 3.05) is 13.0 Å². The number of nitrogens with zero attached hydrogens (tertiary/aromatic N) is 2. The third kappa shape index (κ3) is 3.39. The Labute approximate surface area is 138 Å². The third-order valence-electron chi connectivity index (χ3n) is 3.50. The molecular formula is C16H17N3O3S. The highest BCUT2D eigenvalue weighted by atomic mass is 32.2. The van der Waals surface area contributed by atoms with Crippen molar-refractivity contribution in [3.63, 3.8) is 0 Å². The Morgan fingerprint density at radius 3 is 2.96 bits per heavy atom. The van der Waals surface area contributed by atoms with Gasteiger partial charge in [0.25, 0.3) is 5.91 Å². The van der Waals surface area contributed by atoms with Gasteiger partial charge in [0.05, 0.1) is 11.3 Å². The summed E-state index contributed by atoms with van der Waals surface area (Å²) in [6.07, 6.45) is 4.18. The predicted octanol–water partition coefficient (Wildman–Crippen LogP) is 2.42. The van der Waals surface area contributed by atoms with Gasteiger partial charge in [0.2, 0.25) is 6.79 Å². The Balaban J connectivity index is 1.70. The van der Waals surface area contributed by atoms with Crippen molar-refractivity contribution in [3.05, 3.63) is 41.2 Å². The van der Waals surface area contributed by atoms with Crippen molar-refractivity contribution in [2.45, 2.75) is 25.0 Å². The van der Waals surface area contributed by atoms with E-state index in [1.807, 2.05) is 31.4 Å². The first-order chi connectivity index (χ1) is 11.2. The van der Waals surface area contributed by atoms with Crippen LogP contribution in [0.1, 0.15) is 28.5 Å². The van der Waals surface area contributed by atoms with Crippen LogP contribution in [-0.4, -0.2) is 28.9 Å². The summed E-state index contributed by atoms with van der Waals surface area (Å²) < 4.78 is 10.6. The van der Waals surface area contributed by atoms with E-state index in [2.05, 4.69) is 15.3 Å². The molecule has 2 aromatic rings. The van der Waals surface area contributed by atoms with Crippen LogP contribution in [0.25, 0.3) is 0 Å². The highest BCUT2D eigenvalue weighted by Gasteiger charge is 2.15. The molecule has 0 bridgehead atoms. The highest BCUT2D eigenvalue weighted by molar-refractivity contribution is 7.98. The molecule has 0 fully saturated rings. The molecule has 3 rings (SSSR count). The molecule has 1 aliphatic heterocycles. The Morgan fingerprint density at radius 1 is 1.35 bits per heavy atom. The minimum atomic E-state index is -0.174. The predicted molar refractivity (Wildman–Crippen MR) is 86.9 cm³/mol. The maximum Gasteiger partial charge on any atom is 0.254 e. The minimum Gasteiger partial charge on any atom is -0.454 e. The van der Waals surface area contributed by atoms with Gasteiger partial charge < -0.3 is 14.8 Å². The lowest BCUT2D eigenvalue weighted by molar-refractivity contribution is 0.0949. The monoisotopic (exact) mass is 331 g/mol. The second kappa shape index (κ2) is 6.87. The number of aryl methyl sites for hydroxylation is 1. The molecule has 7 heteroatoms. The summed E-state index contributed by atoms with van der Waals surface area (Å²) in [5, 5.41) is 3.57. The molecule has 0 saturated carbocycles. The second-order valence-electron chi connectivity index (χ2n) is 4.94. The van der Waals surface area contributed by atoms with Crippen molar-refractivity contribution in [2.24, 2.45) is 0 Å². The number of ether oxygens (including phenoxy) is 2. The van der Waals surface area contributed by atoms with Crippen LogP contribution in [0.5, 0.6) is 11.5 Å². The van der Waals surface area contributed by atoms with E-state index in [0.29, 0.717) is 29.4 Å². The summed E-state index contributed by atoms with van der Waals surface area (Å²) in [5.74, 6) is 1.26. The molecule has 0 saturated heterocycles. The van der Waals surface area contributed by atoms with E-state index in [1.54, 1.807) is 6.20 Å². The first kappa shape index (κ1) is 15.6. The molecule has 120 valence electrons. The molecule has 2 heterocycles. The van der Waals surface area contributed by atoms with Gasteiger partial charge >= 0.3 is 0 Å². The molecular weight excluding hydrogens is 314 g/mol. The van der Waals surface area contributed by atoms with Crippen LogP contribution in [-0.2, 0) is 13.0 Å². The average molecular weight is 331 g/mol. The topological polar surface area (TPSA) is 73.3 Å². The molecule has 6 nitrogen and oxygen atoms in total. The standard InChI is InChI=1S/C16H17N3O3S/c1-3-12-11(8-18-16(19-12)23-2)15(20)17-7-10-4-5-13-14(6-10)22-9-21-13/h4-6,8H,3,7,9H2,1-2H3,(H,17,20). The lowest BCUT2D eigenvalue weighted by atomic mass is 10.1. The molecule has 0 spiro atoms. The van der Waals surface area contributed by atoms with Crippen LogP contribution in [0.4, 0.5) is 0 Å². The zero-order valence-corrected chi connectivity index (χ0v) is 13.8. The number of hydrogen-bond acceptors (Lipinski definition) is 6. The molecule has 0 unspecified atom stereocenters. The summed E-state index contributed by atoms with van der Waals surface area (Å²) in [5.41, 5.74) is 2.22. The van der Waals surface area contributed by atoms with Gasteiger partial charge in [-0.1, -0.05) is 24.8 Å². The Morgan fingerprint density at radius 2 is 2.17 bits per heavy atom. The summed E-state index contributed by atoms with van der Waals surface area (Å²) in [4.78, 5) is 20.9. The zero-order valence-electron chi connectivity index (χ0n) is 13.0. The van der Waals surface area contributed by atoms with Crippen LogP contribution in [0, 0.1) is 0 Å². The van der Waals surface area contributed by atoms with Crippen molar-refractivity contribution < 1.29 is 14.3 Å². The maximum absolute atomic E-state index is 12.4. The molecule has 1 aromatic heterocycles. The first-order valence-corrected chi connectivity index (χ1v) is 8.50. The van der Waals surface area contributed by atoms with Gasteiger partial charge in [0.15, 0.2) is 16.7 Å². The lowest BCUT2D eigenvalue weighted by Crippen LogP contribution is -2.24. The van der Waals surface area contributed by atoms with Crippen LogP contribution >= 0.6 is 11.8 Å². The van der Waals surface area contributed by atoms with Crippen LogP contribution in [0.15, 0.2) is 29.6 Å². The van der Waals surface area contributed by atoms with Crippen LogP contribution in [0.2, 0.25) is 0 Å². The Bertz CT molecular complexity index is 737. The van der Waals surface area contributed by atoms with Gasteiger partial charge in [0.1, 0.15) is 0 Å². The van der Waals surface area contributed by atoms with E-state index in [-0.39, 0.29) is 12.7 Å². The van der Waals surface area contributed by atoms with E-state index < -0.39 is 0 Å². The maximum atomic E-state index is 12.4. The molecule has 1 N–H and O–H groups in total. The fraction of sp³-hybridized carbons (Fsp3) is 0.312. The van der Waals surface area contributed by atoms with Crippen LogP contribution < -0.4 is 14.8 Å². The van der Waals surface area contributed by atoms with Crippen molar-refractivity contribution in [1.29, 1.82) is 0 Å².